The molecule has 1 saturated carbocycles. The summed E-state index contributed by atoms with van der Waals surface area (Å²) >= 11 is 0. The van der Waals surface area contributed by atoms with Crippen LogP contribution in [0.3, 0.4) is 0 Å². The standard InChI is InChI=1S/C31H38N6/c1-7-32-28-19-24(14-13-21(28)3)18-25-15-16-26(17-22(25)4)35-30(33-8-2)29-23(5)20-34-31(36-29)37(6)27-11-9-10-12-27/h7-8,13-17,19-20,27,35H,5,9-12,18H2,1-4,6H3/b30-29-,32-7?,33-8?. The zero-order valence-electron chi connectivity index (χ0n) is 22.8. The molecular formula is C31H38N6. The fourth-order valence-corrected chi connectivity index (χ4v) is 4.88. The van der Waals surface area contributed by atoms with Crippen LogP contribution in [0.5, 0.6) is 0 Å². The monoisotopic (exact) mass is 494 g/mol. The van der Waals surface area contributed by atoms with Gasteiger partial charge >= 0.3 is 0 Å². The van der Waals surface area contributed by atoms with Crippen molar-refractivity contribution in [2.45, 2.75) is 65.8 Å². The van der Waals surface area contributed by atoms with Crippen molar-refractivity contribution < 1.29 is 0 Å². The molecule has 0 radical (unpaired) electrons. The van der Waals surface area contributed by atoms with E-state index < -0.39 is 0 Å². The van der Waals surface area contributed by atoms with E-state index in [2.05, 4.69) is 89.1 Å². The molecule has 1 aromatic heterocycles. The Morgan fingerprint density at radius 1 is 1.08 bits per heavy atom. The van der Waals surface area contributed by atoms with Gasteiger partial charge in [0.05, 0.1) is 5.69 Å². The first kappa shape index (κ1) is 26.3. The normalized spacial score (nSPS) is 15.1. The molecule has 0 saturated heterocycles. The average molecular weight is 495 g/mol. The molecule has 1 heterocycles. The van der Waals surface area contributed by atoms with Gasteiger partial charge in [-0.2, -0.15) is 0 Å². The predicted molar refractivity (Wildman–Crippen MR) is 158 cm³/mol. The number of anilines is 2. The molecule has 1 N–H and O–H groups in total. The summed E-state index contributed by atoms with van der Waals surface area (Å²) in [6, 6.07) is 13.4. The lowest BCUT2D eigenvalue weighted by Crippen LogP contribution is -2.37. The zero-order chi connectivity index (χ0) is 26.4. The van der Waals surface area contributed by atoms with Crippen molar-refractivity contribution in [1.29, 1.82) is 0 Å². The van der Waals surface area contributed by atoms with Gasteiger partial charge in [-0.05, 0) is 87.4 Å². The van der Waals surface area contributed by atoms with E-state index in [0.29, 0.717) is 11.9 Å². The summed E-state index contributed by atoms with van der Waals surface area (Å²) in [6.45, 7) is 12.3. The molecular weight excluding hydrogens is 456 g/mol. The number of hydrogen-bond acceptors (Lipinski definition) is 6. The molecule has 1 fully saturated rings. The van der Waals surface area contributed by atoms with Crippen LogP contribution < -0.4 is 20.8 Å². The number of aromatic nitrogens is 2. The number of hydrogen-bond donors (Lipinski definition) is 1. The first-order valence-electron chi connectivity index (χ1n) is 13.1. The molecule has 6 heteroatoms. The minimum Gasteiger partial charge on any atom is -0.341 e. The molecule has 4 rings (SSSR count). The first-order chi connectivity index (χ1) is 17.9. The van der Waals surface area contributed by atoms with Gasteiger partial charge in [-0.1, -0.05) is 37.6 Å². The molecule has 2 aromatic carbocycles. The SMILES string of the molecule is C=c1cnc(N(C)C2CCCC2)n/c1=C(/N=CC)Nc1ccc(Cc2ccc(C)c(N=CC)c2)c(C)c1. The van der Waals surface area contributed by atoms with Gasteiger partial charge in [-0.3, -0.25) is 4.99 Å². The summed E-state index contributed by atoms with van der Waals surface area (Å²) < 4.78 is 0. The second kappa shape index (κ2) is 12.0. The van der Waals surface area contributed by atoms with Crippen LogP contribution in [0.1, 0.15) is 61.8 Å². The Hall–Kier alpha value is -3.80. The number of benzene rings is 2. The quantitative estimate of drug-likeness (QED) is 0.422. The smallest absolute Gasteiger partial charge is 0.225 e. The van der Waals surface area contributed by atoms with Crippen molar-refractivity contribution in [3.8, 4) is 0 Å². The topological polar surface area (TPSA) is 65.8 Å². The van der Waals surface area contributed by atoms with E-state index in [1.54, 1.807) is 12.4 Å². The summed E-state index contributed by atoms with van der Waals surface area (Å²) in [5.74, 6) is 1.39. The van der Waals surface area contributed by atoms with E-state index in [0.717, 1.165) is 34.3 Å². The second-order valence-electron chi connectivity index (χ2n) is 9.78. The van der Waals surface area contributed by atoms with Crippen LogP contribution in [0, 0.1) is 13.8 Å². The molecule has 1 aliphatic carbocycles. The number of nitrogens with zero attached hydrogens (tertiary/aromatic N) is 5. The number of rotatable bonds is 8. The molecule has 0 amide bonds. The minimum absolute atomic E-state index is 0.489. The van der Waals surface area contributed by atoms with Crippen molar-refractivity contribution in [3.05, 3.63) is 75.4 Å². The second-order valence-corrected chi connectivity index (χ2v) is 9.78. The highest BCUT2D eigenvalue weighted by Crippen LogP contribution is 2.25. The van der Waals surface area contributed by atoms with Crippen molar-refractivity contribution in [1.82, 2.24) is 9.97 Å². The van der Waals surface area contributed by atoms with Crippen LogP contribution in [0.25, 0.3) is 12.4 Å². The molecule has 0 atom stereocenters. The Morgan fingerprint density at radius 3 is 2.57 bits per heavy atom. The molecule has 0 spiro atoms. The maximum atomic E-state index is 4.89. The first-order valence-corrected chi connectivity index (χ1v) is 13.1. The predicted octanol–water partition coefficient (Wildman–Crippen LogP) is 5.46. The molecule has 6 nitrogen and oxygen atoms in total. The molecule has 0 aliphatic heterocycles. The van der Waals surface area contributed by atoms with Gasteiger partial charge in [0.25, 0.3) is 0 Å². The Kier molecular flexibility index (Phi) is 8.49. The lowest BCUT2D eigenvalue weighted by Gasteiger charge is -2.24. The van der Waals surface area contributed by atoms with E-state index in [4.69, 9.17) is 4.98 Å². The largest absolute Gasteiger partial charge is 0.341 e. The number of nitrogens with one attached hydrogen (secondary N) is 1. The van der Waals surface area contributed by atoms with Crippen molar-refractivity contribution in [2.75, 3.05) is 17.3 Å². The van der Waals surface area contributed by atoms with Crippen LogP contribution in [0.2, 0.25) is 0 Å². The zero-order valence-corrected chi connectivity index (χ0v) is 22.8. The van der Waals surface area contributed by atoms with Crippen LogP contribution in [-0.2, 0) is 6.42 Å². The van der Waals surface area contributed by atoms with Crippen LogP contribution >= 0.6 is 0 Å². The van der Waals surface area contributed by atoms with Crippen LogP contribution in [0.4, 0.5) is 17.3 Å². The fourth-order valence-electron chi connectivity index (χ4n) is 4.88. The highest BCUT2D eigenvalue weighted by atomic mass is 15.3. The van der Waals surface area contributed by atoms with E-state index in [-0.39, 0.29) is 0 Å². The van der Waals surface area contributed by atoms with E-state index in [1.807, 2.05) is 20.1 Å². The summed E-state index contributed by atoms with van der Waals surface area (Å²) in [5.41, 5.74) is 6.92. The number of aryl methyl sites for hydroxylation is 2. The van der Waals surface area contributed by atoms with Crippen molar-refractivity contribution >= 4 is 42.2 Å². The van der Waals surface area contributed by atoms with Gasteiger partial charge in [-0.15, -0.1) is 0 Å². The highest BCUT2D eigenvalue weighted by molar-refractivity contribution is 5.71. The maximum absolute atomic E-state index is 4.89. The van der Waals surface area contributed by atoms with E-state index in [1.165, 1.54) is 47.9 Å². The Labute approximate surface area is 220 Å². The van der Waals surface area contributed by atoms with Gasteiger partial charge in [0.1, 0.15) is 5.35 Å². The molecule has 37 heavy (non-hydrogen) atoms. The maximum Gasteiger partial charge on any atom is 0.225 e. The molecule has 0 bridgehead atoms. The Balaban J connectivity index is 1.62. The van der Waals surface area contributed by atoms with Gasteiger partial charge in [0.15, 0.2) is 5.82 Å². The summed E-state index contributed by atoms with van der Waals surface area (Å²) in [4.78, 5) is 20.8. The lowest BCUT2D eigenvalue weighted by molar-refractivity contribution is 0.636. The molecule has 192 valence electrons. The van der Waals surface area contributed by atoms with Crippen LogP contribution in [0.15, 0.2) is 52.6 Å². The third kappa shape index (κ3) is 6.31. The van der Waals surface area contributed by atoms with Gasteiger partial charge < -0.3 is 10.2 Å². The molecule has 1 aliphatic rings. The Morgan fingerprint density at radius 2 is 1.86 bits per heavy atom. The fraction of sp³-hybridized carbons (Fsp3) is 0.355. The Bertz CT molecular complexity index is 1420. The highest BCUT2D eigenvalue weighted by Gasteiger charge is 2.21. The minimum atomic E-state index is 0.489. The third-order valence-electron chi connectivity index (χ3n) is 7.06. The van der Waals surface area contributed by atoms with Gasteiger partial charge in [0.2, 0.25) is 5.95 Å². The van der Waals surface area contributed by atoms with Gasteiger partial charge in [-0.25, -0.2) is 15.0 Å². The third-order valence-corrected chi connectivity index (χ3v) is 7.06. The van der Waals surface area contributed by atoms with Gasteiger partial charge in [0, 0.05) is 42.6 Å². The lowest BCUT2D eigenvalue weighted by atomic mass is 9.98. The van der Waals surface area contributed by atoms with E-state index in [9.17, 15) is 0 Å². The van der Waals surface area contributed by atoms with Crippen molar-refractivity contribution in [3.63, 3.8) is 0 Å². The summed E-state index contributed by atoms with van der Waals surface area (Å²) in [5, 5.41) is 4.95. The number of aliphatic imine (C=N–C) groups is 2. The van der Waals surface area contributed by atoms with Crippen molar-refractivity contribution in [2.24, 2.45) is 9.98 Å². The van der Waals surface area contributed by atoms with Crippen LogP contribution in [-0.4, -0.2) is 35.5 Å². The molecule has 3 aromatic rings. The average Bonchev–Trinajstić information content (AvgIpc) is 3.42. The molecule has 0 unspecified atom stereocenters. The van der Waals surface area contributed by atoms with E-state index >= 15 is 0 Å². The summed E-state index contributed by atoms with van der Waals surface area (Å²) in [6.07, 6.45) is 11.2. The summed E-state index contributed by atoms with van der Waals surface area (Å²) in [7, 11) is 2.09.